The molecule has 51 heavy (non-hydrogen) atoms. The van der Waals surface area contributed by atoms with Gasteiger partial charge in [0, 0.05) is 50.0 Å². The number of aromatic nitrogens is 1. The second-order valence-corrected chi connectivity index (χ2v) is 14.0. The highest BCUT2D eigenvalue weighted by atomic mass is 19.1. The van der Waals surface area contributed by atoms with Crippen molar-refractivity contribution in [3.8, 4) is 22.8 Å². The molecular formula is C39H43F2N7O3. The van der Waals surface area contributed by atoms with E-state index >= 15 is 0 Å². The number of amidine groups is 1. The number of nitrogens with zero attached hydrogens (tertiary/aromatic N) is 4. The lowest BCUT2D eigenvalue weighted by atomic mass is 9.90. The zero-order chi connectivity index (χ0) is 35.5. The van der Waals surface area contributed by atoms with Gasteiger partial charge in [-0.25, -0.2) is 13.8 Å². The van der Waals surface area contributed by atoms with Gasteiger partial charge >= 0.3 is 0 Å². The summed E-state index contributed by atoms with van der Waals surface area (Å²) in [5, 5.41) is 9.65. The molecule has 4 aliphatic rings. The number of halogens is 2. The molecule has 0 spiro atoms. The van der Waals surface area contributed by atoms with E-state index in [9.17, 15) is 18.4 Å². The van der Waals surface area contributed by atoms with Crippen LogP contribution in [-0.4, -0.2) is 82.3 Å². The fourth-order valence-electron chi connectivity index (χ4n) is 7.39. The molecule has 3 atom stereocenters. The zero-order valence-electron chi connectivity index (χ0n) is 28.8. The molecule has 3 aromatic rings. The number of allylic oxidation sites excluding steroid dienone is 2. The predicted octanol–water partition coefficient (Wildman–Crippen LogP) is 5.48. The Kier molecular flexibility index (Phi) is 10.2. The molecule has 2 aromatic carbocycles. The van der Waals surface area contributed by atoms with E-state index < -0.39 is 17.8 Å². The fraction of sp³-hybridized carbons (Fsp3) is 0.385. The second kappa shape index (κ2) is 15.1. The van der Waals surface area contributed by atoms with Crippen molar-refractivity contribution in [3.05, 3.63) is 102 Å². The number of rotatable bonds is 9. The van der Waals surface area contributed by atoms with Gasteiger partial charge in [-0.1, -0.05) is 36.4 Å². The summed E-state index contributed by atoms with van der Waals surface area (Å²) in [6.45, 7) is 7.66. The summed E-state index contributed by atoms with van der Waals surface area (Å²) >= 11 is 0. The van der Waals surface area contributed by atoms with Gasteiger partial charge in [0.25, 0.3) is 5.91 Å². The van der Waals surface area contributed by atoms with E-state index in [-0.39, 0.29) is 35.3 Å². The number of ether oxygens (including phenoxy) is 1. The molecule has 2 fully saturated rings. The lowest BCUT2D eigenvalue weighted by molar-refractivity contribution is -0.123. The summed E-state index contributed by atoms with van der Waals surface area (Å²) in [5.74, 6) is -0.627. The summed E-state index contributed by atoms with van der Waals surface area (Å²) in [4.78, 5) is 39.0. The third-order valence-corrected chi connectivity index (χ3v) is 9.77. The summed E-state index contributed by atoms with van der Waals surface area (Å²) < 4.78 is 34.0. The van der Waals surface area contributed by atoms with E-state index in [1.54, 1.807) is 17.0 Å². The van der Waals surface area contributed by atoms with Crippen molar-refractivity contribution >= 4 is 17.6 Å². The van der Waals surface area contributed by atoms with Crippen molar-refractivity contribution in [3.63, 3.8) is 0 Å². The van der Waals surface area contributed by atoms with Crippen LogP contribution in [0.25, 0.3) is 11.1 Å². The molecule has 266 valence electrons. The average molecular weight is 696 g/mol. The molecule has 7 rings (SSSR count). The lowest BCUT2D eigenvalue weighted by Gasteiger charge is -2.36. The first-order valence-electron chi connectivity index (χ1n) is 17.7. The number of fused-ring (bicyclic) bond motifs is 1. The van der Waals surface area contributed by atoms with Gasteiger partial charge in [-0.3, -0.25) is 19.5 Å². The number of pyridine rings is 1. The van der Waals surface area contributed by atoms with Gasteiger partial charge in [0.05, 0.1) is 12.7 Å². The van der Waals surface area contributed by atoms with Crippen LogP contribution in [0, 0.1) is 5.82 Å². The maximum Gasteiger partial charge on any atom is 0.257 e. The molecule has 2 amide bonds. The Morgan fingerprint density at radius 2 is 1.63 bits per heavy atom. The van der Waals surface area contributed by atoms with Gasteiger partial charge in [0.1, 0.15) is 34.8 Å². The van der Waals surface area contributed by atoms with Gasteiger partial charge in [0.15, 0.2) is 0 Å². The minimum absolute atomic E-state index is 0.00748. The van der Waals surface area contributed by atoms with E-state index in [1.165, 1.54) is 17.8 Å². The monoisotopic (exact) mass is 695 g/mol. The molecular weight excluding hydrogens is 652 g/mol. The maximum absolute atomic E-state index is 14.4. The fourth-order valence-corrected chi connectivity index (χ4v) is 7.39. The van der Waals surface area contributed by atoms with Gasteiger partial charge in [0.2, 0.25) is 11.8 Å². The SMILES string of the molecule is C[C@@H]1CN(Cc2ccc(-c3cccc(Oc4ncc(F)cc4C(=O)N[C@H]4CC[C@@H](NC(=O)C5CN6C=C(F)C=CC6=N5)CC4)c3)cc2)C[C@H](C)N1. The lowest BCUT2D eigenvalue weighted by Crippen LogP contribution is -2.53. The topological polar surface area (TPSA) is 111 Å². The first-order valence-corrected chi connectivity index (χ1v) is 17.7. The Morgan fingerprint density at radius 3 is 2.37 bits per heavy atom. The molecule has 12 heteroatoms. The van der Waals surface area contributed by atoms with Crippen LogP contribution in [0.15, 0.2) is 90.0 Å². The largest absolute Gasteiger partial charge is 0.438 e. The molecule has 1 aliphatic carbocycles. The quantitative estimate of drug-likeness (QED) is 0.272. The minimum atomic E-state index is -0.641. The van der Waals surface area contributed by atoms with E-state index in [2.05, 4.69) is 68.9 Å². The number of nitrogens with one attached hydrogen (secondary N) is 3. The van der Waals surface area contributed by atoms with Crippen LogP contribution in [0.3, 0.4) is 0 Å². The van der Waals surface area contributed by atoms with Crippen LogP contribution in [0.5, 0.6) is 11.6 Å². The van der Waals surface area contributed by atoms with E-state index in [4.69, 9.17) is 4.74 Å². The molecule has 1 saturated carbocycles. The summed E-state index contributed by atoms with van der Waals surface area (Å²) in [7, 11) is 0. The first kappa shape index (κ1) is 34.5. The Balaban J connectivity index is 0.934. The number of hydrogen-bond acceptors (Lipinski definition) is 8. The van der Waals surface area contributed by atoms with Crippen LogP contribution < -0.4 is 20.7 Å². The van der Waals surface area contributed by atoms with Gasteiger partial charge in [-0.2, -0.15) is 0 Å². The highest BCUT2D eigenvalue weighted by molar-refractivity contribution is 6.00. The molecule has 3 N–H and O–H groups in total. The molecule has 0 bridgehead atoms. The Bertz CT molecular complexity index is 1850. The van der Waals surface area contributed by atoms with Crippen molar-refractivity contribution in [2.75, 3.05) is 19.6 Å². The predicted molar refractivity (Wildman–Crippen MR) is 191 cm³/mol. The average Bonchev–Trinajstić information content (AvgIpc) is 3.53. The summed E-state index contributed by atoms with van der Waals surface area (Å²) in [6, 6.07) is 17.3. The number of aliphatic imine (C=N–C) groups is 1. The van der Waals surface area contributed by atoms with Crippen LogP contribution in [0.1, 0.15) is 55.5 Å². The maximum atomic E-state index is 14.4. The minimum Gasteiger partial charge on any atom is -0.438 e. The molecule has 1 unspecified atom stereocenters. The summed E-state index contributed by atoms with van der Waals surface area (Å²) in [6.07, 6.45) is 7.85. The van der Waals surface area contributed by atoms with E-state index in [0.29, 0.717) is 55.9 Å². The molecule has 1 aromatic heterocycles. The van der Waals surface area contributed by atoms with Gasteiger partial charge in [-0.15, -0.1) is 0 Å². The number of piperazine rings is 1. The number of hydrogen-bond donors (Lipinski definition) is 3. The smallest absolute Gasteiger partial charge is 0.257 e. The normalized spacial score (nSPS) is 24.7. The number of benzene rings is 2. The third-order valence-electron chi connectivity index (χ3n) is 9.77. The highest BCUT2D eigenvalue weighted by Gasteiger charge is 2.32. The van der Waals surface area contributed by atoms with E-state index in [1.807, 2.05) is 18.2 Å². The van der Waals surface area contributed by atoms with Crippen molar-refractivity contribution in [2.45, 2.75) is 76.3 Å². The highest BCUT2D eigenvalue weighted by Crippen LogP contribution is 2.30. The first-order chi connectivity index (χ1) is 24.6. The third kappa shape index (κ3) is 8.51. The standard InChI is InChI=1S/C39H43F2N7O3/c1-24-19-47(20-25(2)43-24)21-26-6-8-27(9-7-26)28-4-3-5-33(16-28)51-39-34(17-30(41)18-42-39)37(49)44-31-11-13-32(14-12-31)45-38(50)35-23-48-22-29(40)10-15-36(48)46-35/h3-10,15-18,22,24-25,31-32,35,43H,11-14,19-21,23H2,1-2H3,(H,44,49)(H,45,50)/t24-,25+,31-,32+,35?. The van der Waals surface area contributed by atoms with Crippen molar-refractivity contribution in [2.24, 2.45) is 4.99 Å². The number of carbonyl (C=O) groups is 2. The van der Waals surface area contributed by atoms with Crippen molar-refractivity contribution in [1.82, 2.24) is 30.7 Å². The summed E-state index contributed by atoms with van der Waals surface area (Å²) in [5.41, 5.74) is 3.23. The molecule has 10 nitrogen and oxygen atoms in total. The Morgan fingerprint density at radius 1 is 0.902 bits per heavy atom. The van der Waals surface area contributed by atoms with Crippen LogP contribution in [0.2, 0.25) is 0 Å². The van der Waals surface area contributed by atoms with Gasteiger partial charge < -0.3 is 25.6 Å². The number of amides is 2. The number of carbonyl (C=O) groups excluding carboxylic acids is 2. The van der Waals surface area contributed by atoms with E-state index in [0.717, 1.165) is 43.0 Å². The van der Waals surface area contributed by atoms with Crippen LogP contribution in [0.4, 0.5) is 8.78 Å². The van der Waals surface area contributed by atoms with Crippen molar-refractivity contribution in [1.29, 1.82) is 0 Å². The van der Waals surface area contributed by atoms with Crippen molar-refractivity contribution < 1.29 is 23.1 Å². The molecule has 3 aliphatic heterocycles. The Hall–Kier alpha value is -4.94. The molecule has 4 heterocycles. The van der Waals surface area contributed by atoms with Gasteiger partial charge in [-0.05, 0) is 86.6 Å². The molecule has 1 saturated heterocycles. The Labute approximate surface area is 296 Å². The van der Waals surface area contributed by atoms with Crippen LogP contribution in [-0.2, 0) is 11.3 Å². The zero-order valence-corrected chi connectivity index (χ0v) is 28.8. The van der Waals surface area contributed by atoms with Crippen LogP contribution >= 0.6 is 0 Å². The molecule has 0 radical (unpaired) electrons. The second-order valence-electron chi connectivity index (χ2n) is 14.0.